The number of carbonyl (C=O) groups excluding carboxylic acids is 2. The number of rotatable bonds is 8. The Balaban J connectivity index is 1.25. The van der Waals surface area contributed by atoms with Gasteiger partial charge in [0.05, 0.1) is 57.1 Å². The molecule has 0 saturated carbocycles. The molecule has 1 fully saturated rings. The minimum atomic E-state index is -0.515. The largest absolute Gasteiger partial charge is 0.493 e. The monoisotopic (exact) mass is 490 g/mol. The average molecular weight is 491 g/mol. The van der Waals surface area contributed by atoms with Crippen molar-refractivity contribution in [2.75, 3.05) is 38.1 Å². The Labute approximate surface area is 207 Å². The number of nitrogens with zero attached hydrogens (tertiary/aromatic N) is 5. The molecule has 5 rings (SSSR count). The molecule has 11 nitrogen and oxygen atoms in total. The summed E-state index contributed by atoms with van der Waals surface area (Å²) in [5.41, 5.74) is 2.84. The summed E-state index contributed by atoms with van der Waals surface area (Å²) in [4.78, 5) is 31.9. The summed E-state index contributed by atoms with van der Waals surface area (Å²) in [5.74, 6) is 0.386. The van der Waals surface area contributed by atoms with E-state index in [0.717, 1.165) is 11.3 Å². The van der Waals surface area contributed by atoms with Gasteiger partial charge in [-0.15, -0.1) is 0 Å². The molecule has 1 unspecified atom stereocenters. The van der Waals surface area contributed by atoms with Gasteiger partial charge in [0.15, 0.2) is 11.5 Å². The Morgan fingerprint density at radius 3 is 2.58 bits per heavy atom. The lowest BCUT2D eigenvalue weighted by molar-refractivity contribution is -0.122. The predicted octanol–water partition coefficient (Wildman–Crippen LogP) is 2.60. The molecule has 1 N–H and O–H groups in total. The number of imidazole rings is 1. The molecule has 1 aliphatic rings. The number of carbonyl (C=O) groups is 2. The Bertz CT molecular complexity index is 1370. The van der Waals surface area contributed by atoms with Gasteiger partial charge in [-0.1, -0.05) is 6.07 Å². The third-order valence-electron chi connectivity index (χ3n) is 6.10. The predicted molar refractivity (Wildman–Crippen MR) is 132 cm³/mol. The fraction of sp³-hybridized carbons (Fsp3) is 0.280. The zero-order valence-corrected chi connectivity index (χ0v) is 20.2. The second-order valence-electron chi connectivity index (χ2n) is 8.40. The van der Waals surface area contributed by atoms with Gasteiger partial charge in [-0.3, -0.25) is 14.3 Å². The van der Waals surface area contributed by atoms with Crippen LogP contribution in [0.2, 0.25) is 0 Å². The summed E-state index contributed by atoms with van der Waals surface area (Å²) in [6, 6.07) is 9.20. The van der Waals surface area contributed by atoms with Gasteiger partial charge in [0.25, 0.3) is 0 Å². The summed E-state index contributed by atoms with van der Waals surface area (Å²) in [6.07, 6.45) is 7.30. The van der Waals surface area contributed by atoms with Crippen LogP contribution in [0.1, 0.15) is 12.1 Å². The topological polar surface area (TPSA) is 112 Å². The van der Waals surface area contributed by atoms with E-state index >= 15 is 0 Å². The fourth-order valence-corrected chi connectivity index (χ4v) is 4.34. The minimum absolute atomic E-state index is 0.0951. The lowest BCUT2D eigenvalue weighted by atomic mass is 10.1. The third kappa shape index (κ3) is 4.42. The van der Waals surface area contributed by atoms with Gasteiger partial charge >= 0.3 is 0 Å². The van der Waals surface area contributed by atoms with E-state index in [2.05, 4.69) is 15.4 Å². The van der Waals surface area contributed by atoms with Crippen LogP contribution in [-0.4, -0.2) is 58.9 Å². The van der Waals surface area contributed by atoms with Gasteiger partial charge in [-0.2, -0.15) is 5.10 Å². The van der Waals surface area contributed by atoms with Crippen molar-refractivity contribution in [3.8, 4) is 17.2 Å². The molecule has 0 radical (unpaired) electrons. The smallest absolute Gasteiger partial charge is 0.229 e. The highest BCUT2D eigenvalue weighted by atomic mass is 16.5. The first-order valence-electron chi connectivity index (χ1n) is 11.4. The molecule has 1 aromatic carbocycles. The fourth-order valence-electron chi connectivity index (χ4n) is 4.34. The van der Waals surface area contributed by atoms with Crippen molar-refractivity contribution >= 4 is 28.8 Å². The van der Waals surface area contributed by atoms with Crippen LogP contribution in [0.4, 0.5) is 11.4 Å². The van der Waals surface area contributed by atoms with E-state index in [0.29, 0.717) is 35.2 Å². The van der Waals surface area contributed by atoms with E-state index in [4.69, 9.17) is 14.2 Å². The van der Waals surface area contributed by atoms with Crippen molar-refractivity contribution in [2.45, 2.75) is 13.0 Å². The summed E-state index contributed by atoms with van der Waals surface area (Å²) in [7, 11) is 4.54. The van der Waals surface area contributed by atoms with Crippen LogP contribution in [0, 0.1) is 5.92 Å². The van der Waals surface area contributed by atoms with Crippen molar-refractivity contribution in [1.29, 1.82) is 0 Å². The molecule has 1 atom stereocenters. The Morgan fingerprint density at radius 2 is 1.89 bits per heavy atom. The molecule has 11 heteroatoms. The maximum atomic E-state index is 13.0. The quantitative estimate of drug-likeness (QED) is 0.404. The summed E-state index contributed by atoms with van der Waals surface area (Å²) < 4.78 is 19.8. The number of methoxy groups -OCH3 is 3. The van der Waals surface area contributed by atoms with Gasteiger partial charge in [-0.05, 0) is 12.1 Å². The molecule has 4 heterocycles. The molecule has 186 valence electrons. The number of amides is 2. The van der Waals surface area contributed by atoms with Crippen molar-refractivity contribution in [2.24, 2.45) is 5.92 Å². The van der Waals surface area contributed by atoms with Gasteiger partial charge in [0.2, 0.25) is 17.6 Å². The molecule has 36 heavy (non-hydrogen) atoms. The van der Waals surface area contributed by atoms with Crippen LogP contribution in [0.15, 0.2) is 55.1 Å². The number of anilines is 2. The normalized spacial score (nSPS) is 15.4. The molecule has 1 saturated heterocycles. The highest BCUT2D eigenvalue weighted by molar-refractivity contribution is 6.03. The maximum absolute atomic E-state index is 13.0. The van der Waals surface area contributed by atoms with E-state index in [1.807, 2.05) is 35.0 Å². The number of pyridine rings is 1. The van der Waals surface area contributed by atoms with E-state index in [9.17, 15) is 9.59 Å². The summed E-state index contributed by atoms with van der Waals surface area (Å²) >= 11 is 0. The zero-order chi connectivity index (χ0) is 25.2. The first-order chi connectivity index (χ1) is 17.5. The van der Waals surface area contributed by atoms with Crippen molar-refractivity contribution in [3.63, 3.8) is 0 Å². The van der Waals surface area contributed by atoms with Gasteiger partial charge in [0, 0.05) is 43.7 Å². The SMILES string of the molecule is COc1cc(N2CC(C(=O)Nc3cnn(Cc4cn5ccccc5n4)c3)CC2=O)cc(OC)c1OC. The van der Waals surface area contributed by atoms with Gasteiger partial charge < -0.3 is 28.8 Å². The number of hydrogen-bond donors (Lipinski definition) is 1. The molecular weight excluding hydrogens is 464 g/mol. The first kappa shape index (κ1) is 23.2. The van der Waals surface area contributed by atoms with Crippen molar-refractivity contribution in [1.82, 2.24) is 19.2 Å². The number of hydrogen-bond acceptors (Lipinski definition) is 7. The number of aromatic nitrogens is 4. The maximum Gasteiger partial charge on any atom is 0.229 e. The van der Waals surface area contributed by atoms with Crippen LogP contribution in [-0.2, 0) is 16.1 Å². The van der Waals surface area contributed by atoms with Gasteiger partial charge in [0.1, 0.15) is 5.65 Å². The first-order valence-corrected chi connectivity index (χ1v) is 11.4. The van der Waals surface area contributed by atoms with E-state index in [-0.39, 0.29) is 24.8 Å². The molecule has 0 aliphatic carbocycles. The number of nitrogens with one attached hydrogen (secondary N) is 1. The highest BCUT2D eigenvalue weighted by Crippen LogP contribution is 2.42. The number of ether oxygens (including phenoxy) is 3. The third-order valence-corrected chi connectivity index (χ3v) is 6.10. The molecule has 2 amide bonds. The highest BCUT2D eigenvalue weighted by Gasteiger charge is 2.36. The second-order valence-corrected chi connectivity index (χ2v) is 8.40. The Hall–Kier alpha value is -4.54. The minimum Gasteiger partial charge on any atom is -0.493 e. The van der Waals surface area contributed by atoms with Crippen LogP contribution in [0.3, 0.4) is 0 Å². The lowest BCUT2D eigenvalue weighted by Crippen LogP contribution is -2.28. The summed E-state index contributed by atoms with van der Waals surface area (Å²) in [5, 5.41) is 7.21. The van der Waals surface area contributed by atoms with Crippen LogP contribution >= 0.6 is 0 Å². The molecule has 4 aromatic rings. The van der Waals surface area contributed by atoms with E-state index in [1.54, 1.807) is 34.1 Å². The molecule has 1 aliphatic heterocycles. The Kier molecular flexibility index (Phi) is 6.19. The van der Waals surface area contributed by atoms with Crippen molar-refractivity contribution < 1.29 is 23.8 Å². The number of fused-ring (bicyclic) bond motifs is 1. The number of benzene rings is 1. The molecule has 3 aromatic heterocycles. The van der Waals surface area contributed by atoms with Crippen molar-refractivity contribution in [3.05, 3.63) is 60.8 Å². The zero-order valence-electron chi connectivity index (χ0n) is 20.2. The summed E-state index contributed by atoms with van der Waals surface area (Å²) in [6.45, 7) is 0.701. The molecular formula is C25H26N6O5. The van der Waals surface area contributed by atoms with Crippen LogP contribution in [0.25, 0.3) is 5.65 Å². The van der Waals surface area contributed by atoms with Gasteiger partial charge in [-0.25, -0.2) is 4.98 Å². The standard InChI is InChI=1S/C25H26N6O5/c1-34-20-9-19(10-21(35-2)24(20)36-3)31-12-16(8-23(31)32)25(33)28-17-11-26-30(14-17)15-18-13-29-7-5-4-6-22(29)27-18/h4-7,9-11,13-14,16H,8,12,15H2,1-3H3,(H,28,33). The average Bonchev–Trinajstić information content (AvgIpc) is 3.61. The molecule has 0 bridgehead atoms. The van der Waals surface area contributed by atoms with E-state index < -0.39 is 5.92 Å². The van der Waals surface area contributed by atoms with Crippen LogP contribution in [0.5, 0.6) is 17.2 Å². The van der Waals surface area contributed by atoms with Crippen LogP contribution < -0.4 is 24.4 Å². The molecule has 0 spiro atoms. The Morgan fingerprint density at radius 1 is 1.11 bits per heavy atom. The second kappa shape index (κ2) is 9.61. The lowest BCUT2D eigenvalue weighted by Gasteiger charge is -2.20. The van der Waals surface area contributed by atoms with E-state index in [1.165, 1.54) is 21.3 Å².